The highest BCUT2D eigenvalue weighted by atomic mass is 32.2. The number of aromatic nitrogens is 5. The van der Waals surface area contributed by atoms with E-state index in [-0.39, 0.29) is 28.8 Å². The van der Waals surface area contributed by atoms with Crippen LogP contribution < -0.4 is 20.7 Å². The molecule has 0 saturated carbocycles. The van der Waals surface area contributed by atoms with E-state index in [1.807, 2.05) is 36.1 Å². The number of nitrogens with one attached hydrogen (secondary N) is 2. The van der Waals surface area contributed by atoms with Crippen molar-refractivity contribution in [2.45, 2.75) is 22.9 Å². The van der Waals surface area contributed by atoms with E-state index in [2.05, 4.69) is 30.6 Å². The molecule has 5 rings (SSSR count). The van der Waals surface area contributed by atoms with Crippen LogP contribution in [-0.4, -0.2) is 71.5 Å². The third-order valence-corrected chi connectivity index (χ3v) is 8.79. The second-order valence-corrected chi connectivity index (χ2v) is 11.3. The van der Waals surface area contributed by atoms with Crippen molar-refractivity contribution in [2.75, 3.05) is 17.2 Å². The molecule has 0 bridgehead atoms. The van der Waals surface area contributed by atoms with Crippen molar-refractivity contribution in [3.8, 4) is 0 Å². The average molecular weight is 588 g/mol. The molecule has 1 saturated heterocycles. The molecule has 39 heavy (non-hydrogen) atoms. The summed E-state index contributed by atoms with van der Waals surface area (Å²) in [5, 5.41) is 26.1. The van der Waals surface area contributed by atoms with Gasteiger partial charge < -0.3 is 25.8 Å². The molecule has 14 nitrogen and oxygen atoms in total. The summed E-state index contributed by atoms with van der Waals surface area (Å²) in [6, 6.07) is 2.87. The number of nitrogens with two attached hydrogens (primary N) is 1. The first-order chi connectivity index (χ1) is 18.8. The first-order valence-electron chi connectivity index (χ1n) is 11.3. The molecular formula is C22H21N9O5S3. The number of aromatic amines is 1. The Kier molecular flexibility index (Phi) is 7.80. The smallest absolute Gasteiger partial charge is 0.276 e. The number of nitrogen functional groups attached to an aromatic ring is 1. The SMILES string of the molecule is C[n+]1ccc(SCC2=C(C(=O)[O-])N3C(=O)[C@@H](NC(=O)/C(=N\OCc4nc[nH]n4)c4csc(N)n4)[C@H]3SC2)cc1. The molecule has 0 spiro atoms. The summed E-state index contributed by atoms with van der Waals surface area (Å²) in [4.78, 5) is 53.7. The van der Waals surface area contributed by atoms with Crippen LogP contribution in [-0.2, 0) is 32.9 Å². The van der Waals surface area contributed by atoms with Gasteiger partial charge in [-0.15, -0.1) is 34.9 Å². The first kappa shape index (κ1) is 26.6. The lowest BCUT2D eigenvalue weighted by Crippen LogP contribution is -2.71. The number of amides is 2. The number of rotatable bonds is 10. The predicted octanol–water partition coefficient (Wildman–Crippen LogP) is -1.21. The van der Waals surface area contributed by atoms with E-state index in [1.54, 1.807) is 0 Å². The summed E-state index contributed by atoms with van der Waals surface area (Å²) in [6.07, 6.45) is 5.16. The van der Waals surface area contributed by atoms with Crippen molar-refractivity contribution >= 4 is 63.5 Å². The van der Waals surface area contributed by atoms with Gasteiger partial charge in [-0.05, 0) is 5.57 Å². The van der Waals surface area contributed by atoms with Crippen LogP contribution in [0.5, 0.6) is 0 Å². The lowest BCUT2D eigenvalue weighted by atomic mass is 10.0. The number of hydrogen-bond donors (Lipinski definition) is 3. The van der Waals surface area contributed by atoms with Gasteiger partial charge in [0.05, 0.1) is 11.7 Å². The maximum Gasteiger partial charge on any atom is 0.276 e. The Morgan fingerprint density at radius 1 is 1.41 bits per heavy atom. The number of thioether (sulfide) groups is 2. The summed E-state index contributed by atoms with van der Waals surface area (Å²) >= 11 is 3.93. The van der Waals surface area contributed by atoms with Crippen LogP contribution in [0.2, 0.25) is 0 Å². The summed E-state index contributed by atoms with van der Waals surface area (Å²) in [6.45, 7) is -0.115. The predicted molar refractivity (Wildman–Crippen MR) is 140 cm³/mol. The Morgan fingerprint density at radius 2 is 2.21 bits per heavy atom. The Bertz CT molecular complexity index is 1460. The van der Waals surface area contributed by atoms with E-state index in [0.29, 0.717) is 22.9 Å². The lowest BCUT2D eigenvalue weighted by Gasteiger charge is -2.50. The van der Waals surface area contributed by atoms with Gasteiger partial charge in [0.2, 0.25) is 0 Å². The number of pyridine rings is 1. The number of H-pyrrole nitrogens is 1. The summed E-state index contributed by atoms with van der Waals surface area (Å²) in [7, 11) is 1.90. The highest BCUT2D eigenvalue weighted by Crippen LogP contribution is 2.41. The van der Waals surface area contributed by atoms with Gasteiger partial charge in [0.25, 0.3) is 11.8 Å². The molecule has 0 unspecified atom stereocenters. The number of hydrogen-bond acceptors (Lipinski definition) is 13. The van der Waals surface area contributed by atoms with Crippen molar-refractivity contribution in [1.29, 1.82) is 0 Å². The molecule has 0 radical (unpaired) electrons. The third-order valence-electron chi connectivity index (χ3n) is 5.68. The number of carboxylic acid groups (broad SMARTS) is 1. The highest BCUT2D eigenvalue weighted by molar-refractivity contribution is 8.01. The maximum atomic E-state index is 13.2. The van der Waals surface area contributed by atoms with Crippen LogP contribution >= 0.6 is 34.9 Å². The van der Waals surface area contributed by atoms with Gasteiger partial charge in [0.1, 0.15) is 30.5 Å². The Hall–Kier alpha value is -3.96. The summed E-state index contributed by atoms with van der Waals surface area (Å²) < 4.78 is 1.90. The number of carbonyl (C=O) groups excluding carboxylic acids is 3. The van der Waals surface area contributed by atoms with E-state index in [9.17, 15) is 19.5 Å². The molecule has 4 N–H and O–H groups in total. The van der Waals surface area contributed by atoms with Gasteiger partial charge in [-0.1, -0.05) is 5.16 Å². The molecule has 0 aromatic carbocycles. The average Bonchev–Trinajstić information content (AvgIpc) is 3.60. The van der Waals surface area contributed by atoms with Crippen molar-refractivity contribution in [3.63, 3.8) is 0 Å². The monoisotopic (exact) mass is 587 g/mol. The molecule has 2 amide bonds. The van der Waals surface area contributed by atoms with Gasteiger partial charge in [-0.2, -0.15) is 5.10 Å². The minimum Gasteiger partial charge on any atom is -0.543 e. The van der Waals surface area contributed by atoms with Gasteiger partial charge >= 0.3 is 0 Å². The zero-order chi connectivity index (χ0) is 27.5. The number of thiazole rings is 1. The van der Waals surface area contributed by atoms with E-state index in [0.717, 1.165) is 16.2 Å². The Balaban J connectivity index is 1.29. The van der Waals surface area contributed by atoms with Crippen LogP contribution in [0.1, 0.15) is 11.5 Å². The standard InChI is InChI=1S/C22H21N9O5S3/c1-30-4-2-12(3-5-30)37-7-11-8-38-20-16(19(33)31(20)17(11)21(34)35)27-18(32)15(13-9-39-22(23)26-13)29-36-6-14-24-10-25-28-14/h2-5,9-10,16,20H,6-8H2,1H3,(H4-,23,24,25,26,27,28,32,34,35)/b29-15-/t16-,20-/m1/s1. The molecule has 3 aromatic rings. The number of carbonyl (C=O) groups is 3. The van der Waals surface area contributed by atoms with Gasteiger partial charge in [0.15, 0.2) is 35.7 Å². The minimum absolute atomic E-state index is 0.115. The van der Waals surface area contributed by atoms with Crippen molar-refractivity contribution < 1.29 is 28.9 Å². The van der Waals surface area contributed by atoms with Crippen molar-refractivity contribution in [2.24, 2.45) is 12.2 Å². The molecule has 2 atom stereocenters. The third kappa shape index (κ3) is 5.74. The molecular weight excluding hydrogens is 567 g/mol. The molecule has 3 aromatic heterocycles. The zero-order valence-corrected chi connectivity index (χ0v) is 22.7. The molecule has 5 heterocycles. The van der Waals surface area contributed by atoms with Gasteiger partial charge in [-0.25, -0.2) is 14.5 Å². The fraction of sp³-hybridized carbons (Fsp3) is 0.273. The van der Waals surface area contributed by atoms with Crippen molar-refractivity contribution in [3.05, 3.63) is 59.0 Å². The summed E-state index contributed by atoms with van der Waals surface area (Å²) in [5.41, 5.74) is 6.10. The number of nitrogens with zero attached hydrogens (tertiary/aromatic N) is 6. The number of β-lactam (4-membered cyclic amide) rings is 1. The second-order valence-electron chi connectivity index (χ2n) is 8.29. The van der Waals surface area contributed by atoms with Crippen LogP contribution in [0.3, 0.4) is 0 Å². The zero-order valence-electron chi connectivity index (χ0n) is 20.3. The number of aryl methyl sites for hydroxylation is 1. The minimum atomic E-state index is -1.44. The Labute approximate surface area is 233 Å². The first-order valence-corrected chi connectivity index (χ1v) is 14.3. The van der Waals surface area contributed by atoms with Crippen LogP contribution in [0, 0.1) is 0 Å². The number of oxime groups is 1. The number of anilines is 1. The topological polar surface area (TPSA) is 195 Å². The van der Waals surface area contributed by atoms with E-state index in [1.165, 1.54) is 40.1 Å². The molecule has 2 aliphatic heterocycles. The molecule has 1 fully saturated rings. The number of carboxylic acids is 1. The van der Waals surface area contributed by atoms with Crippen LogP contribution in [0.15, 0.2) is 57.6 Å². The van der Waals surface area contributed by atoms with Gasteiger partial charge in [0, 0.05) is 33.9 Å². The van der Waals surface area contributed by atoms with E-state index < -0.39 is 29.2 Å². The maximum absolute atomic E-state index is 13.2. The fourth-order valence-electron chi connectivity index (χ4n) is 3.81. The van der Waals surface area contributed by atoms with Gasteiger partial charge in [-0.3, -0.25) is 19.6 Å². The van der Waals surface area contributed by atoms with Crippen molar-refractivity contribution in [1.82, 2.24) is 30.4 Å². The molecule has 2 aliphatic rings. The van der Waals surface area contributed by atoms with Crippen LogP contribution in [0.25, 0.3) is 0 Å². The quantitative estimate of drug-likeness (QED) is 0.0846. The molecule has 202 valence electrons. The molecule has 17 heteroatoms. The fourth-order valence-corrected chi connectivity index (χ4v) is 6.72. The second kappa shape index (κ2) is 11.4. The summed E-state index contributed by atoms with van der Waals surface area (Å²) in [5.74, 6) is -1.67. The highest BCUT2D eigenvalue weighted by Gasteiger charge is 2.53. The van der Waals surface area contributed by atoms with E-state index >= 15 is 0 Å². The van der Waals surface area contributed by atoms with Crippen LogP contribution in [0.4, 0.5) is 5.13 Å². The van der Waals surface area contributed by atoms with E-state index in [4.69, 9.17) is 10.6 Å². The largest absolute Gasteiger partial charge is 0.543 e. The lowest BCUT2D eigenvalue weighted by molar-refractivity contribution is -0.671. The Morgan fingerprint density at radius 3 is 2.87 bits per heavy atom. The number of fused-ring (bicyclic) bond motifs is 1. The molecule has 0 aliphatic carbocycles. The normalized spacial score (nSPS) is 18.9. The number of aliphatic carboxylic acids is 1.